The smallest absolute Gasteiger partial charge is 0.119 e. The molecule has 1 aliphatic rings. The minimum atomic E-state index is 0.430. The first-order chi connectivity index (χ1) is 10.2. The summed E-state index contributed by atoms with van der Waals surface area (Å²) in [4.78, 5) is 2.46. The van der Waals surface area contributed by atoms with Crippen LogP contribution in [0, 0.1) is 0 Å². The van der Waals surface area contributed by atoms with Gasteiger partial charge >= 0.3 is 0 Å². The highest BCUT2D eigenvalue weighted by Gasteiger charge is 2.20. The summed E-state index contributed by atoms with van der Waals surface area (Å²) < 4.78 is 5.98. The summed E-state index contributed by atoms with van der Waals surface area (Å²) >= 11 is 0. The van der Waals surface area contributed by atoms with Crippen LogP contribution in [0.3, 0.4) is 0 Å². The van der Waals surface area contributed by atoms with Crippen molar-refractivity contribution >= 4 is 0 Å². The lowest BCUT2D eigenvalue weighted by atomic mass is 10.0. The highest BCUT2D eigenvalue weighted by Crippen LogP contribution is 2.23. The van der Waals surface area contributed by atoms with Gasteiger partial charge in [0.2, 0.25) is 0 Å². The van der Waals surface area contributed by atoms with E-state index in [2.05, 4.69) is 55.4 Å². The van der Waals surface area contributed by atoms with Crippen molar-refractivity contribution in [2.45, 2.75) is 51.6 Å². The summed E-state index contributed by atoms with van der Waals surface area (Å²) in [7, 11) is 2.22. The fourth-order valence-corrected chi connectivity index (χ4v) is 3.22. The molecule has 1 heterocycles. The number of hydrogen-bond donors (Lipinski definition) is 1. The molecule has 0 amide bonds. The zero-order valence-electron chi connectivity index (χ0n) is 13.8. The Morgan fingerprint density at radius 2 is 2.24 bits per heavy atom. The van der Waals surface area contributed by atoms with Crippen LogP contribution in [0.2, 0.25) is 0 Å². The third-order valence-corrected chi connectivity index (χ3v) is 4.51. The standard InChI is InChI=1S/C18H30N2O/c1-4-18(19-5-2)15-8-6-10-17(14-15)21-13-11-16-9-7-12-20(16)3/h6,8,10,14,16,18-19H,4-5,7,9,11-13H2,1-3H3. The Labute approximate surface area is 129 Å². The number of ether oxygens (including phenoxy) is 1. The van der Waals surface area contributed by atoms with Gasteiger partial charge in [-0.2, -0.15) is 0 Å². The maximum Gasteiger partial charge on any atom is 0.119 e. The molecular weight excluding hydrogens is 260 g/mol. The third kappa shape index (κ3) is 4.72. The van der Waals surface area contributed by atoms with Crippen LogP contribution >= 0.6 is 0 Å². The lowest BCUT2D eigenvalue weighted by Gasteiger charge is -2.20. The Morgan fingerprint density at radius 3 is 2.90 bits per heavy atom. The minimum absolute atomic E-state index is 0.430. The topological polar surface area (TPSA) is 24.5 Å². The number of nitrogens with one attached hydrogen (secondary N) is 1. The second kappa shape index (κ2) is 8.40. The quantitative estimate of drug-likeness (QED) is 0.791. The van der Waals surface area contributed by atoms with Crippen LogP contribution in [0.4, 0.5) is 0 Å². The largest absolute Gasteiger partial charge is 0.494 e. The van der Waals surface area contributed by atoms with Gasteiger partial charge in [0, 0.05) is 12.1 Å². The molecule has 118 valence electrons. The summed E-state index contributed by atoms with van der Waals surface area (Å²) in [6, 6.07) is 9.69. The number of likely N-dealkylation sites (tertiary alicyclic amines) is 1. The molecule has 0 saturated carbocycles. The Bertz CT molecular complexity index is 421. The van der Waals surface area contributed by atoms with E-state index < -0.39 is 0 Å². The fraction of sp³-hybridized carbons (Fsp3) is 0.667. The molecule has 3 nitrogen and oxygen atoms in total. The van der Waals surface area contributed by atoms with Gasteiger partial charge in [0.1, 0.15) is 5.75 Å². The number of nitrogens with zero attached hydrogens (tertiary/aromatic N) is 1. The van der Waals surface area contributed by atoms with E-state index >= 15 is 0 Å². The van der Waals surface area contributed by atoms with Gasteiger partial charge in [-0.15, -0.1) is 0 Å². The first-order valence-corrected chi connectivity index (χ1v) is 8.41. The molecule has 3 heteroatoms. The normalized spacial score (nSPS) is 20.6. The third-order valence-electron chi connectivity index (χ3n) is 4.51. The molecule has 1 aromatic rings. The summed E-state index contributed by atoms with van der Waals surface area (Å²) in [6.07, 6.45) is 4.88. The van der Waals surface area contributed by atoms with Gasteiger partial charge in [0.05, 0.1) is 6.61 Å². The second-order valence-electron chi connectivity index (χ2n) is 6.00. The van der Waals surface area contributed by atoms with Gasteiger partial charge in [0.15, 0.2) is 0 Å². The molecule has 2 atom stereocenters. The summed E-state index contributed by atoms with van der Waals surface area (Å²) in [5, 5.41) is 3.52. The van der Waals surface area contributed by atoms with E-state index in [-0.39, 0.29) is 0 Å². The van der Waals surface area contributed by atoms with E-state index in [4.69, 9.17) is 4.74 Å². The van der Waals surface area contributed by atoms with Gasteiger partial charge in [-0.05, 0) is 63.5 Å². The predicted molar refractivity (Wildman–Crippen MR) is 88.9 cm³/mol. The summed E-state index contributed by atoms with van der Waals surface area (Å²) in [5.41, 5.74) is 1.33. The van der Waals surface area contributed by atoms with Crippen LogP contribution in [0.1, 0.15) is 51.1 Å². The maximum atomic E-state index is 5.98. The molecule has 0 radical (unpaired) electrons. The molecule has 1 saturated heterocycles. The molecule has 1 aliphatic heterocycles. The lowest BCUT2D eigenvalue weighted by molar-refractivity contribution is 0.233. The molecule has 0 bridgehead atoms. The van der Waals surface area contributed by atoms with E-state index in [1.54, 1.807) is 0 Å². The molecule has 1 aromatic carbocycles. The van der Waals surface area contributed by atoms with Crippen molar-refractivity contribution < 1.29 is 4.74 Å². The summed E-state index contributed by atoms with van der Waals surface area (Å²) in [6.45, 7) is 7.42. The highest BCUT2D eigenvalue weighted by molar-refractivity contribution is 5.30. The average molecular weight is 290 g/mol. The zero-order valence-corrected chi connectivity index (χ0v) is 13.8. The van der Waals surface area contributed by atoms with E-state index in [0.29, 0.717) is 12.1 Å². The van der Waals surface area contributed by atoms with Gasteiger partial charge in [0.25, 0.3) is 0 Å². The van der Waals surface area contributed by atoms with Crippen LogP contribution in [0.5, 0.6) is 5.75 Å². The lowest BCUT2D eigenvalue weighted by Crippen LogP contribution is -2.26. The Morgan fingerprint density at radius 1 is 1.38 bits per heavy atom. The van der Waals surface area contributed by atoms with Crippen molar-refractivity contribution in [1.29, 1.82) is 0 Å². The van der Waals surface area contributed by atoms with Crippen LogP contribution in [0.25, 0.3) is 0 Å². The van der Waals surface area contributed by atoms with Crippen LogP contribution in [-0.4, -0.2) is 37.7 Å². The minimum Gasteiger partial charge on any atom is -0.494 e. The van der Waals surface area contributed by atoms with Crippen LogP contribution in [0.15, 0.2) is 24.3 Å². The predicted octanol–water partition coefficient (Wildman–Crippen LogP) is 3.61. The van der Waals surface area contributed by atoms with Crippen molar-refractivity contribution in [1.82, 2.24) is 10.2 Å². The Kier molecular flexibility index (Phi) is 6.52. The van der Waals surface area contributed by atoms with E-state index in [0.717, 1.165) is 31.7 Å². The Hall–Kier alpha value is -1.06. The van der Waals surface area contributed by atoms with E-state index in [9.17, 15) is 0 Å². The van der Waals surface area contributed by atoms with Gasteiger partial charge in [-0.1, -0.05) is 26.0 Å². The fourth-order valence-electron chi connectivity index (χ4n) is 3.22. The molecule has 2 rings (SSSR count). The molecule has 1 fully saturated rings. The van der Waals surface area contributed by atoms with Crippen molar-refractivity contribution in [3.63, 3.8) is 0 Å². The summed E-state index contributed by atoms with van der Waals surface area (Å²) in [5.74, 6) is 1.00. The van der Waals surface area contributed by atoms with Crippen LogP contribution < -0.4 is 10.1 Å². The van der Waals surface area contributed by atoms with Crippen molar-refractivity contribution in [2.75, 3.05) is 26.7 Å². The monoisotopic (exact) mass is 290 g/mol. The first kappa shape index (κ1) is 16.3. The van der Waals surface area contributed by atoms with Gasteiger partial charge in [-0.3, -0.25) is 0 Å². The van der Waals surface area contributed by atoms with E-state index in [1.807, 2.05) is 0 Å². The molecule has 21 heavy (non-hydrogen) atoms. The van der Waals surface area contributed by atoms with E-state index in [1.165, 1.54) is 24.9 Å². The molecule has 2 unspecified atom stereocenters. The molecule has 0 aliphatic carbocycles. The van der Waals surface area contributed by atoms with Gasteiger partial charge < -0.3 is 15.0 Å². The first-order valence-electron chi connectivity index (χ1n) is 8.41. The Balaban J connectivity index is 1.85. The van der Waals surface area contributed by atoms with Crippen molar-refractivity contribution in [2.24, 2.45) is 0 Å². The van der Waals surface area contributed by atoms with Gasteiger partial charge in [-0.25, -0.2) is 0 Å². The number of benzene rings is 1. The number of rotatable bonds is 8. The molecular formula is C18H30N2O. The second-order valence-corrected chi connectivity index (χ2v) is 6.00. The zero-order chi connectivity index (χ0) is 15.1. The highest BCUT2D eigenvalue weighted by atomic mass is 16.5. The average Bonchev–Trinajstić information content (AvgIpc) is 2.90. The molecule has 1 N–H and O–H groups in total. The van der Waals surface area contributed by atoms with Crippen LogP contribution in [-0.2, 0) is 0 Å². The van der Waals surface area contributed by atoms with Crippen molar-refractivity contribution in [3.8, 4) is 5.75 Å². The molecule has 0 aromatic heterocycles. The number of hydrogen-bond acceptors (Lipinski definition) is 3. The van der Waals surface area contributed by atoms with Crippen molar-refractivity contribution in [3.05, 3.63) is 29.8 Å². The maximum absolute atomic E-state index is 5.98. The SMILES string of the molecule is CCNC(CC)c1cccc(OCCC2CCCN2C)c1. The molecule has 0 spiro atoms.